The van der Waals surface area contributed by atoms with E-state index >= 15 is 0 Å². The first kappa shape index (κ1) is 13.6. The fourth-order valence-electron chi connectivity index (χ4n) is 1.51. The molecule has 2 N–H and O–H groups in total. The second-order valence-corrected chi connectivity index (χ2v) is 3.76. The van der Waals surface area contributed by atoms with Gasteiger partial charge >= 0.3 is 5.97 Å². The highest BCUT2D eigenvalue weighted by atomic mass is 19.1. The van der Waals surface area contributed by atoms with Crippen LogP contribution >= 0.6 is 0 Å². The number of aryl methyl sites for hydroxylation is 1. The van der Waals surface area contributed by atoms with Gasteiger partial charge in [0.25, 0.3) is 0 Å². The van der Waals surface area contributed by atoms with Gasteiger partial charge in [0.2, 0.25) is 0 Å². The molecule has 1 atom stereocenters. The van der Waals surface area contributed by atoms with Crippen molar-refractivity contribution >= 4 is 5.97 Å². The molecule has 0 aromatic heterocycles. The summed E-state index contributed by atoms with van der Waals surface area (Å²) in [6, 6.07) is 2.76. The van der Waals surface area contributed by atoms with Crippen molar-refractivity contribution in [2.75, 3.05) is 7.11 Å². The Kier molecular flexibility index (Phi) is 5.03. The molecule has 0 saturated carbocycles. The summed E-state index contributed by atoms with van der Waals surface area (Å²) in [6.07, 6.45) is 1.36. The summed E-state index contributed by atoms with van der Waals surface area (Å²) < 4.78 is 30.3. The standard InChI is InChI=1S/C12H15F2NO2/c1-17-12(16)11(15)4-2-3-8-5-6-9(13)7-10(8)14/h5-7,11H,2-4,15H2,1H3. The minimum absolute atomic E-state index is 0.406. The van der Waals surface area contributed by atoms with E-state index in [0.717, 1.165) is 6.07 Å². The molecule has 0 aliphatic carbocycles. The lowest BCUT2D eigenvalue weighted by atomic mass is 10.0. The molecule has 5 heteroatoms. The smallest absolute Gasteiger partial charge is 0.322 e. The molecule has 94 valence electrons. The van der Waals surface area contributed by atoms with E-state index in [2.05, 4.69) is 4.74 Å². The molecule has 1 rings (SSSR count). The number of halogens is 2. The molecule has 17 heavy (non-hydrogen) atoms. The Morgan fingerprint density at radius 3 is 2.76 bits per heavy atom. The normalized spacial score (nSPS) is 12.2. The van der Waals surface area contributed by atoms with Crippen molar-refractivity contribution in [2.24, 2.45) is 5.73 Å². The van der Waals surface area contributed by atoms with Crippen molar-refractivity contribution in [1.82, 2.24) is 0 Å². The van der Waals surface area contributed by atoms with E-state index in [4.69, 9.17) is 5.73 Å². The predicted octanol–water partition coefficient (Wildman–Crippen LogP) is 1.79. The van der Waals surface area contributed by atoms with E-state index in [-0.39, 0.29) is 0 Å². The number of rotatable bonds is 5. The Morgan fingerprint density at radius 2 is 2.18 bits per heavy atom. The summed E-state index contributed by atoms with van der Waals surface area (Å²) in [5, 5.41) is 0. The van der Waals surface area contributed by atoms with Gasteiger partial charge in [-0.3, -0.25) is 4.79 Å². The molecule has 0 spiro atoms. The molecule has 0 fully saturated rings. The fourth-order valence-corrected chi connectivity index (χ4v) is 1.51. The van der Waals surface area contributed by atoms with Crippen LogP contribution in [0.25, 0.3) is 0 Å². The second-order valence-electron chi connectivity index (χ2n) is 3.76. The van der Waals surface area contributed by atoms with E-state index in [1.165, 1.54) is 19.2 Å². The van der Waals surface area contributed by atoms with Crippen LogP contribution in [-0.2, 0) is 16.0 Å². The van der Waals surface area contributed by atoms with E-state index in [9.17, 15) is 13.6 Å². The van der Waals surface area contributed by atoms with Crippen LogP contribution in [-0.4, -0.2) is 19.1 Å². The number of ether oxygens (including phenoxy) is 1. The lowest BCUT2D eigenvalue weighted by Crippen LogP contribution is -2.31. The molecular weight excluding hydrogens is 228 g/mol. The van der Waals surface area contributed by atoms with Crippen LogP contribution in [0.15, 0.2) is 18.2 Å². The SMILES string of the molecule is COC(=O)C(N)CCCc1ccc(F)cc1F. The van der Waals surface area contributed by atoms with Gasteiger partial charge in [-0.25, -0.2) is 8.78 Å². The number of benzene rings is 1. The van der Waals surface area contributed by atoms with Gasteiger partial charge in [0, 0.05) is 6.07 Å². The van der Waals surface area contributed by atoms with Crippen molar-refractivity contribution in [1.29, 1.82) is 0 Å². The van der Waals surface area contributed by atoms with Gasteiger partial charge in [0.15, 0.2) is 0 Å². The first-order valence-corrected chi connectivity index (χ1v) is 5.32. The van der Waals surface area contributed by atoms with Crippen molar-refractivity contribution in [2.45, 2.75) is 25.3 Å². The first-order chi connectivity index (χ1) is 8.04. The van der Waals surface area contributed by atoms with Crippen LogP contribution in [0.1, 0.15) is 18.4 Å². The van der Waals surface area contributed by atoms with Gasteiger partial charge in [-0.05, 0) is 30.9 Å². The van der Waals surface area contributed by atoms with Crippen LogP contribution in [0.2, 0.25) is 0 Å². The Morgan fingerprint density at radius 1 is 1.47 bits per heavy atom. The highest BCUT2D eigenvalue weighted by Crippen LogP contribution is 2.13. The lowest BCUT2D eigenvalue weighted by molar-refractivity contribution is -0.142. The molecule has 3 nitrogen and oxygen atoms in total. The van der Waals surface area contributed by atoms with Crippen molar-refractivity contribution in [3.8, 4) is 0 Å². The van der Waals surface area contributed by atoms with E-state index in [1.54, 1.807) is 0 Å². The summed E-state index contributed by atoms with van der Waals surface area (Å²) in [5.41, 5.74) is 5.95. The van der Waals surface area contributed by atoms with Gasteiger partial charge in [-0.1, -0.05) is 6.07 Å². The minimum atomic E-state index is -0.691. The molecular formula is C12H15F2NO2. The quantitative estimate of drug-likeness (QED) is 0.802. The van der Waals surface area contributed by atoms with E-state index in [0.29, 0.717) is 24.8 Å². The highest BCUT2D eigenvalue weighted by Gasteiger charge is 2.13. The van der Waals surface area contributed by atoms with Crippen LogP contribution in [0, 0.1) is 11.6 Å². The maximum absolute atomic E-state index is 13.2. The van der Waals surface area contributed by atoms with Crippen LogP contribution in [0.4, 0.5) is 8.78 Å². The Balaban J connectivity index is 2.43. The lowest BCUT2D eigenvalue weighted by Gasteiger charge is -2.09. The number of nitrogens with two attached hydrogens (primary N) is 1. The topological polar surface area (TPSA) is 52.3 Å². The zero-order valence-electron chi connectivity index (χ0n) is 9.58. The Bertz CT molecular complexity index is 396. The number of hydrogen-bond acceptors (Lipinski definition) is 3. The third kappa shape index (κ3) is 4.11. The zero-order valence-corrected chi connectivity index (χ0v) is 9.58. The van der Waals surface area contributed by atoms with Crippen molar-refractivity contribution < 1.29 is 18.3 Å². The number of carbonyl (C=O) groups is 1. The molecule has 0 saturated heterocycles. The largest absolute Gasteiger partial charge is 0.468 e. The maximum atomic E-state index is 13.2. The van der Waals surface area contributed by atoms with Crippen LogP contribution < -0.4 is 5.73 Å². The number of carbonyl (C=O) groups excluding carboxylic acids is 1. The molecule has 0 heterocycles. The summed E-state index contributed by atoms with van der Waals surface area (Å²) in [4.78, 5) is 11.0. The molecule has 1 aromatic rings. The van der Waals surface area contributed by atoms with Crippen LogP contribution in [0.3, 0.4) is 0 Å². The predicted molar refractivity (Wildman–Crippen MR) is 59.3 cm³/mol. The van der Waals surface area contributed by atoms with E-state index in [1.807, 2.05) is 0 Å². The second kappa shape index (κ2) is 6.30. The average Bonchev–Trinajstić information content (AvgIpc) is 2.30. The molecule has 0 bridgehead atoms. The first-order valence-electron chi connectivity index (χ1n) is 5.32. The molecule has 0 radical (unpaired) electrons. The molecule has 1 aromatic carbocycles. The van der Waals surface area contributed by atoms with Crippen molar-refractivity contribution in [3.63, 3.8) is 0 Å². The molecule has 1 unspecified atom stereocenters. The summed E-state index contributed by atoms with van der Waals surface area (Å²) in [7, 11) is 1.27. The zero-order chi connectivity index (χ0) is 12.8. The molecule has 0 amide bonds. The third-order valence-corrected chi connectivity index (χ3v) is 2.48. The van der Waals surface area contributed by atoms with Gasteiger partial charge in [-0.15, -0.1) is 0 Å². The number of hydrogen-bond donors (Lipinski definition) is 1. The summed E-state index contributed by atoms with van der Waals surface area (Å²) in [5.74, 6) is -1.65. The maximum Gasteiger partial charge on any atom is 0.322 e. The minimum Gasteiger partial charge on any atom is -0.468 e. The van der Waals surface area contributed by atoms with Crippen LogP contribution in [0.5, 0.6) is 0 Å². The summed E-state index contributed by atoms with van der Waals surface area (Å²) >= 11 is 0. The Hall–Kier alpha value is -1.49. The third-order valence-electron chi connectivity index (χ3n) is 2.48. The van der Waals surface area contributed by atoms with Crippen molar-refractivity contribution in [3.05, 3.63) is 35.4 Å². The van der Waals surface area contributed by atoms with Gasteiger partial charge in [-0.2, -0.15) is 0 Å². The Labute approximate surface area is 98.6 Å². The summed E-state index contributed by atoms with van der Waals surface area (Å²) in [6.45, 7) is 0. The van der Waals surface area contributed by atoms with Gasteiger partial charge in [0.05, 0.1) is 7.11 Å². The fraction of sp³-hybridized carbons (Fsp3) is 0.417. The van der Waals surface area contributed by atoms with Gasteiger partial charge in [0.1, 0.15) is 17.7 Å². The van der Waals surface area contributed by atoms with Gasteiger partial charge < -0.3 is 10.5 Å². The van der Waals surface area contributed by atoms with E-state index < -0.39 is 23.6 Å². The molecule has 0 aliphatic heterocycles. The number of esters is 1. The monoisotopic (exact) mass is 243 g/mol. The average molecular weight is 243 g/mol. The molecule has 0 aliphatic rings. The number of methoxy groups -OCH3 is 1. The highest BCUT2D eigenvalue weighted by molar-refractivity contribution is 5.75.